The minimum Gasteiger partial charge on any atom is -0.310 e. The van der Waals surface area contributed by atoms with E-state index in [9.17, 15) is 4.79 Å². The third-order valence-electron chi connectivity index (χ3n) is 4.44. The molecule has 1 atom stereocenters. The molecule has 5 heteroatoms. The summed E-state index contributed by atoms with van der Waals surface area (Å²) >= 11 is 0. The molecule has 5 nitrogen and oxygen atoms in total. The molecule has 108 valence electrons. The Labute approximate surface area is 123 Å². The van der Waals surface area contributed by atoms with Crippen molar-refractivity contribution in [1.82, 2.24) is 15.5 Å². The first-order valence-corrected chi connectivity index (χ1v) is 7.51. The van der Waals surface area contributed by atoms with Crippen LogP contribution in [-0.4, -0.2) is 35.2 Å². The van der Waals surface area contributed by atoms with Gasteiger partial charge in [0.15, 0.2) is 0 Å². The largest absolute Gasteiger partial charge is 0.310 e. The summed E-state index contributed by atoms with van der Waals surface area (Å²) in [5.74, 6) is 0.216. The van der Waals surface area contributed by atoms with Gasteiger partial charge in [-0.05, 0) is 43.5 Å². The van der Waals surface area contributed by atoms with Gasteiger partial charge in [-0.15, -0.1) is 0 Å². The van der Waals surface area contributed by atoms with Gasteiger partial charge in [0.25, 0.3) is 0 Å². The van der Waals surface area contributed by atoms with Gasteiger partial charge in [0.2, 0.25) is 5.91 Å². The van der Waals surface area contributed by atoms with Crippen LogP contribution in [0.4, 0.5) is 5.69 Å². The SMILES string of the molecule is O=C(C1CCCN1)N1CCc2c(-c3ccn[nH]3)cccc21. The lowest BCUT2D eigenvalue weighted by atomic mass is 10.0. The molecule has 3 heterocycles. The Kier molecular flexibility index (Phi) is 3.00. The predicted octanol–water partition coefficient (Wildman–Crippen LogP) is 1.72. The van der Waals surface area contributed by atoms with E-state index in [0.717, 1.165) is 49.3 Å². The van der Waals surface area contributed by atoms with Crippen LogP contribution in [0, 0.1) is 0 Å². The van der Waals surface area contributed by atoms with Crippen LogP contribution < -0.4 is 10.2 Å². The topological polar surface area (TPSA) is 61.0 Å². The Bertz CT molecular complexity index is 659. The summed E-state index contributed by atoms with van der Waals surface area (Å²) in [4.78, 5) is 14.6. The summed E-state index contributed by atoms with van der Waals surface area (Å²) in [6.07, 6.45) is 4.70. The summed E-state index contributed by atoms with van der Waals surface area (Å²) in [7, 11) is 0. The van der Waals surface area contributed by atoms with Crippen LogP contribution >= 0.6 is 0 Å². The van der Waals surface area contributed by atoms with Crippen molar-refractivity contribution in [3.05, 3.63) is 36.0 Å². The fraction of sp³-hybridized carbons (Fsp3) is 0.375. The Morgan fingerprint density at radius 2 is 2.29 bits per heavy atom. The van der Waals surface area contributed by atoms with Crippen LogP contribution in [0.1, 0.15) is 18.4 Å². The van der Waals surface area contributed by atoms with Gasteiger partial charge in [-0.1, -0.05) is 12.1 Å². The normalized spacial score (nSPS) is 20.8. The average Bonchev–Trinajstić information content (AvgIpc) is 3.25. The first-order chi connectivity index (χ1) is 10.3. The fourth-order valence-electron chi connectivity index (χ4n) is 3.40. The molecular weight excluding hydrogens is 264 g/mol. The molecule has 1 fully saturated rings. The number of carbonyl (C=O) groups excluding carboxylic acids is 1. The van der Waals surface area contributed by atoms with Crippen LogP contribution in [0.15, 0.2) is 30.5 Å². The predicted molar refractivity (Wildman–Crippen MR) is 81.1 cm³/mol. The Hall–Kier alpha value is -2.14. The summed E-state index contributed by atoms with van der Waals surface area (Å²) in [5, 5.41) is 10.3. The van der Waals surface area contributed by atoms with Gasteiger partial charge in [0, 0.05) is 24.0 Å². The second-order valence-electron chi connectivity index (χ2n) is 5.66. The van der Waals surface area contributed by atoms with Crippen molar-refractivity contribution in [2.75, 3.05) is 18.0 Å². The molecule has 1 amide bonds. The van der Waals surface area contributed by atoms with Crippen LogP contribution in [0.25, 0.3) is 11.3 Å². The highest BCUT2D eigenvalue weighted by Crippen LogP contribution is 2.36. The van der Waals surface area contributed by atoms with Gasteiger partial charge in [0.05, 0.1) is 11.7 Å². The average molecular weight is 282 g/mol. The lowest BCUT2D eigenvalue weighted by Gasteiger charge is -2.21. The molecule has 1 unspecified atom stereocenters. The number of fused-ring (bicyclic) bond motifs is 1. The maximum absolute atomic E-state index is 12.7. The number of anilines is 1. The molecule has 2 N–H and O–H groups in total. The van der Waals surface area contributed by atoms with Crippen molar-refractivity contribution < 1.29 is 4.79 Å². The first-order valence-electron chi connectivity index (χ1n) is 7.51. The number of nitrogens with zero attached hydrogens (tertiary/aromatic N) is 2. The number of amides is 1. The first kappa shape index (κ1) is 12.6. The minimum absolute atomic E-state index is 0.00763. The number of H-pyrrole nitrogens is 1. The van der Waals surface area contributed by atoms with E-state index in [1.54, 1.807) is 6.20 Å². The molecule has 1 aromatic heterocycles. The molecule has 4 rings (SSSR count). The van der Waals surface area contributed by atoms with Crippen LogP contribution in [0.3, 0.4) is 0 Å². The van der Waals surface area contributed by atoms with Crippen molar-refractivity contribution in [3.63, 3.8) is 0 Å². The minimum atomic E-state index is -0.00763. The molecule has 2 aromatic rings. The van der Waals surface area contributed by atoms with E-state index in [4.69, 9.17) is 0 Å². The number of aromatic amines is 1. The van der Waals surface area contributed by atoms with Gasteiger partial charge in [-0.25, -0.2) is 0 Å². The van der Waals surface area contributed by atoms with Crippen molar-refractivity contribution in [3.8, 4) is 11.3 Å². The molecule has 0 spiro atoms. The van der Waals surface area contributed by atoms with Gasteiger partial charge >= 0.3 is 0 Å². The van der Waals surface area contributed by atoms with E-state index >= 15 is 0 Å². The second-order valence-corrected chi connectivity index (χ2v) is 5.66. The Morgan fingerprint density at radius 1 is 1.33 bits per heavy atom. The van der Waals surface area contributed by atoms with Crippen molar-refractivity contribution in [2.24, 2.45) is 0 Å². The fourth-order valence-corrected chi connectivity index (χ4v) is 3.40. The molecule has 2 aliphatic rings. The highest BCUT2D eigenvalue weighted by atomic mass is 16.2. The number of aromatic nitrogens is 2. The van der Waals surface area contributed by atoms with E-state index in [2.05, 4.69) is 27.6 Å². The smallest absolute Gasteiger partial charge is 0.244 e. The van der Waals surface area contributed by atoms with Gasteiger partial charge in [0.1, 0.15) is 0 Å². The van der Waals surface area contributed by atoms with Gasteiger partial charge in [-0.2, -0.15) is 5.10 Å². The van der Waals surface area contributed by atoms with Crippen molar-refractivity contribution >= 4 is 11.6 Å². The molecule has 0 bridgehead atoms. The number of nitrogens with one attached hydrogen (secondary N) is 2. The van der Waals surface area contributed by atoms with Gasteiger partial charge in [-0.3, -0.25) is 9.89 Å². The molecule has 0 radical (unpaired) electrons. The van der Waals surface area contributed by atoms with Crippen molar-refractivity contribution in [2.45, 2.75) is 25.3 Å². The molecule has 21 heavy (non-hydrogen) atoms. The molecule has 2 aliphatic heterocycles. The highest BCUT2D eigenvalue weighted by molar-refractivity contribution is 6.00. The number of hydrogen-bond donors (Lipinski definition) is 2. The number of benzene rings is 1. The summed E-state index contributed by atoms with van der Waals surface area (Å²) in [6.45, 7) is 1.72. The zero-order valence-electron chi connectivity index (χ0n) is 11.8. The Morgan fingerprint density at radius 3 is 3.05 bits per heavy atom. The second kappa shape index (κ2) is 5.00. The number of rotatable bonds is 2. The van der Waals surface area contributed by atoms with Crippen LogP contribution in [0.5, 0.6) is 0 Å². The van der Waals surface area contributed by atoms with E-state index in [0.29, 0.717) is 0 Å². The maximum Gasteiger partial charge on any atom is 0.244 e. The summed E-state index contributed by atoms with van der Waals surface area (Å²) < 4.78 is 0. The van der Waals surface area contributed by atoms with Crippen LogP contribution in [0.2, 0.25) is 0 Å². The summed E-state index contributed by atoms with van der Waals surface area (Å²) in [6, 6.07) is 8.12. The quantitative estimate of drug-likeness (QED) is 0.881. The third-order valence-corrected chi connectivity index (χ3v) is 4.44. The molecule has 0 saturated carbocycles. The standard InChI is InChI=1S/C16H18N4O/c21-16(14-4-2-8-17-14)20-10-7-12-11(3-1-5-15(12)20)13-6-9-18-19-13/h1,3,5-6,9,14,17H,2,4,7-8,10H2,(H,18,19). The zero-order valence-corrected chi connectivity index (χ0v) is 11.8. The zero-order chi connectivity index (χ0) is 14.2. The number of carbonyl (C=O) groups is 1. The number of hydrogen-bond acceptors (Lipinski definition) is 3. The maximum atomic E-state index is 12.7. The highest BCUT2D eigenvalue weighted by Gasteiger charge is 2.32. The van der Waals surface area contributed by atoms with Gasteiger partial charge < -0.3 is 10.2 Å². The molecule has 0 aliphatic carbocycles. The van der Waals surface area contributed by atoms with E-state index in [1.807, 2.05) is 17.0 Å². The monoisotopic (exact) mass is 282 g/mol. The van der Waals surface area contributed by atoms with E-state index in [-0.39, 0.29) is 11.9 Å². The molecular formula is C16H18N4O. The molecule has 1 saturated heterocycles. The molecule has 1 aromatic carbocycles. The van der Waals surface area contributed by atoms with Crippen LogP contribution in [-0.2, 0) is 11.2 Å². The third kappa shape index (κ3) is 2.05. The summed E-state index contributed by atoms with van der Waals surface area (Å²) in [5.41, 5.74) is 4.47. The Balaban J connectivity index is 1.69. The van der Waals surface area contributed by atoms with E-state index < -0.39 is 0 Å². The van der Waals surface area contributed by atoms with E-state index in [1.165, 1.54) is 5.56 Å². The van der Waals surface area contributed by atoms with Crippen molar-refractivity contribution in [1.29, 1.82) is 0 Å². The lowest BCUT2D eigenvalue weighted by molar-refractivity contribution is -0.120. The lowest BCUT2D eigenvalue weighted by Crippen LogP contribution is -2.42.